The van der Waals surface area contributed by atoms with Crippen LogP contribution in [0.1, 0.15) is 12.0 Å². The summed E-state index contributed by atoms with van der Waals surface area (Å²) in [4.78, 5) is 10.9. The molecule has 1 aromatic carbocycles. The summed E-state index contributed by atoms with van der Waals surface area (Å²) in [5.74, 6) is -1.34. The average Bonchev–Trinajstić information content (AvgIpc) is 2.32. The minimum absolute atomic E-state index is 0.0702. The molecule has 0 aliphatic carbocycles. The molecule has 0 aromatic heterocycles. The molecule has 0 amide bonds. The van der Waals surface area contributed by atoms with Gasteiger partial charge in [0.15, 0.2) is 0 Å². The molecule has 9 heteroatoms. The predicted molar refractivity (Wildman–Crippen MR) is 80.0 cm³/mol. The van der Waals surface area contributed by atoms with Gasteiger partial charge in [-0.3, -0.25) is 4.79 Å². The number of carbonyl (C=O) groups is 1. The molecule has 0 saturated carbocycles. The Kier molecular flexibility index (Phi) is 6.14. The number of rotatable bonds is 6. The Bertz CT molecular complexity index is 617. The van der Waals surface area contributed by atoms with Crippen LogP contribution < -0.4 is 4.72 Å². The van der Waals surface area contributed by atoms with Crippen molar-refractivity contribution in [3.8, 4) is 0 Å². The maximum atomic E-state index is 12.2. The highest BCUT2D eigenvalue weighted by molar-refractivity contribution is 9.11. The lowest BCUT2D eigenvalue weighted by molar-refractivity contribution is -0.139. The number of aliphatic hydroxyl groups is 1. The Hall–Kier alpha value is -0.480. The Morgan fingerprint density at radius 2 is 1.95 bits per heavy atom. The van der Waals surface area contributed by atoms with Crippen molar-refractivity contribution in [2.75, 3.05) is 6.61 Å². The first-order valence-corrected chi connectivity index (χ1v) is 8.57. The molecule has 0 radical (unpaired) electrons. The zero-order valence-electron chi connectivity index (χ0n) is 10.4. The van der Waals surface area contributed by atoms with Gasteiger partial charge in [-0.2, -0.15) is 4.72 Å². The van der Waals surface area contributed by atoms with Crippen molar-refractivity contribution < 1.29 is 23.4 Å². The summed E-state index contributed by atoms with van der Waals surface area (Å²) in [5.41, 5.74) is 0.834. The molecule has 1 aromatic rings. The molecular weight excluding hydrogens is 418 g/mol. The number of hydrogen-bond acceptors (Lipinski definition) is 4. The molecule has 0 heterocycles. The maximum absolute atomic E-state index is 12.2. The van der Waals surface area contributed by atoms with Crippen LogP contribution in [0.4, 0.5) is 0 Å². The van der Waals surface area contributed by atoms with Gasteiger partial charge in [-0.1, -0.05) is 15.9 Å². The van der Waals surface area contributed by atoms with E-state index in [2.05, 4.69) is 36.6 Å². The molecule has 6 nitrogen and oxygen atoms in total. The fourth-order valence-electron chi connectivity index (χ4n) is 1.45. The average molecular weight is 431 g/mol. The molecule has 1 rings (SSSR count). The third-order valence-electron chi connectivity index (χ3n) is 2.52. The van der Waals surface area contributed by atoms with Gasteiger partial charge in [0.2, 0.25) is 10.0 Å². The highest BCUT2D eigenvalue weighted by Crippen LogP contribution is 2.28. The van der Waals surface area contributed by atoms with E-state index < -0.39 is 28.6 Å². The van der Waals surface area contributed by atoms with E-state index in [0.29, 0.717) is 8.95 Å². The van der Waals surface area contributed by atoms with E-state index in [9.17, 15) is 13.2 Å². The van der Waals surface area contributed by atoms with Crippen LogP contribution in [-0.2, 0) is 14.8 Å². The topological polar surface area (TPSA) is 104 Å². The summed E-state index contributed by atoms with van der Waals surface area (Å²) in [7, 11) is -4.02. The monoisotopic (exact) mass is 429 g/mol. The van der Waals surface area contributed by atoms with Crippen LogP contribution in [0.25, 0.3) is 0 Å². The first-order valence-electron chi connectivity index (χ1n) is 5.50. The Morgan fingerprint density at radius 3 is 2.45 bits per heavy atom. The lowest BCUT2D eigenvalue weighted by Crippen LogP contribution is -2.41. The van der Waals surface area contributed by atoms with E-state index in [1.165, 1.54) is 6.07 Å². The highest BCUT2D eigenvalue weighted by atomic mass is 79.9. The van der Waals surface area contributed by atoms with Gasteiger partial charge in [0.25, 0.3) is 0 Å². The van der Waals surface area contributed by atoms with Gasteiger partial charge in [0.1, 0.15) is 6.04 Å². The number of aryl methyl sites for hydroxylation is 1. The fraction of sp³-hybridized carbons (Fsp3) is 0.364. The minimum atomic E-state index is -4.02. The van der Waals surface area contributed by atoms with Crippen molar-refractivity contribution in [3.63, 3.8) is 0 Å². The lowest BCUT2D eigenvalue weighted by Gasteiger charge is -2.15. The van der Waals surface area contributed by atoms with Crippen LogP contribution in [0.3, 0.4) is 0 Å². The number of hydrogen-bond donors (Lipinski definition) is 3. The van der Waals surface area contributed by atoms with E-state index >= 15 is 0 Å². The van der Waals surface area contributed by atoms with Gasteiger partial charge < -0.3 is 10.2 Å². The second kappa shape index (κ2) is 6.99. The van der Waals surface area contributed by atoms with Crippen LogP contribution in [0, 0.1) is 6.92 Å². The molecule has 112 valence electrons. The summed E-state index contributed by atoms with van der Waals surface area (Å²) in [5, 5.41) is 17.7. The number of halogens is 2. The second-order valence-corrected chi connectivity index (χ2v) is 7.45. The van der Waals surface area contributed by atoms with Crippen LogP contribution in [0.2, 0.25) is 0 Å². The Morgan fingerprint density at radius 1 is 1.35 bits per heavy atom. The van der Waals surface area contributed by atoms with Crippen molar-refractivity contribution in [3.05, 3.63) is 26.6 Å². The van der Waals surface area contributed by atoms with Crippen molar-refractivity contribution in [2.24, 2.45) is 0 Å². The van der Waals surface area contributed by atoms with Crippen LogP contribution >= 0.6 is 31.9 Å². The van der Waals surface area contributed by atoms with Gasteiger partial charge in [-0.25, -0.2) is 8.42 Å². The van der Waals surface area contributed by atoms with Gasteiger partial charge >= 0.3 is 5.97 Å². The predicted octanol–water partition coefficient (Wildman–Crippen LogP) is 1.63. The lowest BCUT2D eigenvalue weighted by atomic mass is 10.2. The zero-order valence-corrected chi connectivity index (χ0v) is 14.4. The number of benzene rings is 1. The van der Waals surface area contributed by atoms with E-state index in [1.807, 2.05) is 0 Å². The zero-order chi connectivity index (χ0) is 15.5. The van der Waals surface area contributed by atoms with Gasteiger partial charge in [-0.15, -0.1) is 0 Å². The number of carboxylic acids is 1. The maximum Gasteiger partial charge on any atom is 0.321 e. The molecule has 0 saturated heterocycles. The third kappa shape index (κ3) is 4.26. The summed E-state index contributed by atoms with van der Waals surface area (Å²) in [6.07, 6.45) is -0.209. The highest BCUT2D eigenvalue weighted by Gasteiger charge is 2.26. The molecule has 0 bridgehead atoms. The largest absolute Gasteiger partial charge is 0.480 e. The molecule has 20 heavy (non-hydrogen) atoms. The first-order chi connectivity index (χ1) is 9.19. The third-order valence-corrected chi connectivity index (χ3v) is 5.80. The summed E-state index contributed by atoms with van der Waals surface area (Å²) in [6, 6.07) is 1.62. The van der Waals surface area contributed by atoms with Gasteiger partial charge in [0, 0.05) is 15.6 Å². The van der Waals surface area contributed by atoms with Crippen molar-refractivity contribution in [2.45, 2.75) is 24.3 Å². The van der Waals surface area contributed by atoms with Crippen LogP contribution in [-0.4, -0.2) is 37.2 Å². The molecule has 0 unspecified atom stereocenters. The number of carboxylic acid groups (broad SMARTS) is 1. The molecule has 3 N–H and O–H groups in total. The van der Waals surface area contributed by atoms with Crippen molar-refractivity contribution in [1.29, 1.82) is 0 Å². The normalized spacial score (nSPS) is 13.2. The van der Waals surface area contributed by atoms with Crippen LogP contribution in [0.15, 0.2) is 26.0 Å². The van der Waals surface area contributed by atoms with E-state index in [0.717, 1.165) is 5.56 Å². The van der Waals surface area contributed by atoms with E-state index in [1.54, 1.807) is 13.0 Å². The summed E-state index contributed by atoms with van der Waals surface area (Å²) < 4.78 is 27.4. The second-order valence-electron chi connectivity index (χ2n) is 4.06. The van der Waals surface area contributed by atoms with E-state index in [4.69, 9.17) is 10.2 Å². The Labute approximate surface area is 133 Å². The van der Waals surface area contributed by atoms with Crippen LogP contribution in [0.5, 0.6) is 0 Å². The fourth-order valence-corrected chi connectivity index (χ4v) is 4.35. The SMILES string of the molecule is Cc1cc(Br)c(S(=O)(=O)N[C@@H](CCO)C(=O)O)cc1Br. The van der Waals surface area contributed by atoms with Gasteiger partial charge in [0.05, 0.1) is 4.90 Å². The van der Waals surface area contributed by atoms with Crippen molar-refractivity contribution >= 4 is 47.9 Å². The molecule has 0 aliphatic rings. The summed E-state index contributed by atoms with van der Waals surface area (Å²) in [6.45, 7) is 1.36. The molecular formula is C11H13Br2NO5S. The number of nitrogens with one attached hydrogen (secondary N) is 1. The number of sulfonamides is 1. The van der Waals surface area contributed by atoms with E-state index in [-0.39, 0.29) is 11.3 Å². The van der Waals surface area contributed by atoms with Gasteiger partial charge in [-0.05, 0) is 47.0 Å². The minimum Gasteiger partial charge on any atom is -0.480 e. The molecule has 1 atom stereocenters. The molecule has 0 spiro atoms. The Balaban J connectivity index is 3.17. The molecule has 0 fully saturated rings. The first kappa shape index (κ1) is 17.6. The number of aliphatic hydroxyl groups excluding tert-OH is 1. The number of aliphatic carboxylic acids is 1. The summed E-state index contributed by atoms with van der Waals surface area (Å²) >= 11 is 6.38. The smallest absolute Gasteiger partial charge is 0.321 e. The standard InChI is InChI=1S/C11H13Br2NO5S/c1-6-4-8(13)10(5-7(6)12)20(18,19)14-9(2-3-15)11(16)17/h4-5,9,14-15H,2-3H2,1H3,(H,16,17)/t9-/m0/s1. The quantitative estimate of drug-likeness (QED) is 0.636. The van der Waals surface area contributed by atoms with Crippen molar-refractivity contribution in [1.82, 2.24) is 4.72 Å². The molecule has 0 aliphatic heterocycles.